The zero-order valence-corrected chi connectivity index (χ0v) is 14.7. The van der Waals surface area contributed by atoms with Crippen LogP contribution in [0.1, 0.15) is 42.5 Å². The number of aromatic nitrogens is 3. The predicted octanol–water partition coefficient (Wildman–Crippen LogP) is 2.12. The van der Waals surface area contributed by atoms with E-state index in [0.717, 1.165) is 43.0 Å². The summed E-state index contributed by atoms with van der Waals surface area (Å²) in [5.74, 6) is 0.867. The Balaban J connectivity index is 1.88. The van der Waals surface area contributed by atoms with Crippen molar-refractivity contribution in [2.24, 2.45) is 5.73 Å². The van der Waals surface area contributed by atoms with E-state index in [1.807, 2.05) is 18.5 Å². The predicted molar refractivity (Wildman–Crippen MR) is 92.2 cm³/mol. The van der Waals surface area contributed by atoms with E-state index in [2.05, 4.69) is 15.0 Å². The normalized spacial score (nSPS) is 19.7. The molecular weight excluding hydrogens is 321 g/mol. The van der Waals surface area contributed by atoms with Crippen LogP contribution in [0.2, 0.25) is 0 Å². The number of amides is 1. The molecule has 1 aliphatic heterocycles. The Bertz CT molecular complexity index is 742. The van der Waals surface area contributed by atoms with E-state index >= 15 is 0 Å². The number of piperidine rings is 1. The third-order valence-corrected chi connectivity index (χ3v) is 4.81. The number of hydrogen-bond donors (Lipinski definition) is 1. The summed E-state index contributed by atoms with van der Waals surface area (Å²) < 4.78 is 15.1. The van der Waals surface area contributed by atoms with Crippen molar-refractivity contribution in [2.45, 2.75) is 51.7 Å². The zero-order chi connectivity index (χ0) is 18.0. The van der Waals surface area contributed by atoms with Crippen molar-refractivity contribution in [2.75, 3.05) is 6.54 Å². The molecule has 2 atom stereocenters. The Labute approximate surface area is 146 Å². The fraction of sp³-hybridized carbons (Fsp3) is 0.500. The lowest BCUT2D eigenvalue weighted by Crippen LogP contribution is -2.48. The number of nitrogens with zero attached hydrogens (tertiary/aromatic N) is 4. The number of nitrogens with two attached hydrogens (primary N) is 1. The van der Waals surface area contributed by atoms with Crippen LogP contribution in [0.15, 0.2) is 24.3 Å². The number of benzene rings is 1. The molecule has 2 aromatic rings. The molecule has 134 valence electrons. The van der Waals surface area contributed by atoms with Crippen LogP contribution in [-0.2, 0) is 11.3 Å². The maximum Gasteiger partial charge on any atom is 0.239 e. The molecule has 2 N–H and O–H groups in total. The maximum atomic E-state index is 13.3. The molecule has 0 aliphatic carbocycles. The molecule has 25 heavy (non-hydrogen) atoms. The summed E-state index contributed by atoms with van der Waals surface area (Å²) in [6.07, 6.45) is 3.07. The molecule has 0 saturated carbocycles. The Morgan fingerprint density at radius 3 is 2.64 bits per heavy atom. The first kappa shape index (κ1) is 17.5. The highest BCUT2D eigenvalue weighted by Gasteiger charge is 2.33. The van der Waals surface area contributed by atoms with Crippen molar-refractivity contribution in [1.29, 1.82) is 0 Å². The standard InChI is InChI=1S/C18H24FN5O/c1-12-21-13(2)24(22-12)11-16-5-3-4-10-23(16)17(18(20)25)14-6-8-15(19)9-7-14/h6-9,16-17H,3-5,10-11H2,1-2H3,(H2,20,25). The van der Waals surface area contributed by atoms with Gasteiger partial charge in [-0.25, -0.2) is 14.1 Å². The second kappa shape index (κ2) is 7.31. The van der Waals surface area contributed by atoms with Crippen LogP contribution in [0, 0.1) is 19.7 Å². The van der Waals surface area contributed by atoms with Crippen molar-refractivity contribution >= 4 is 5.91 Å². The highest BCUT2D eigenvalue weighted by molar-refractivity contribution is 5.81. The van der Waals surface area contributed by atoms with Gasteiger partial charge < -0.3 is 5.73 Å². The molecule has 1 aromatic carbocycles. The monoisotopic (exact) mass is 345 g/mol. The summed E-state index contributed by atoms with van der Waals surface area (Å²) in [4.78, 5) is 18.7. The molecule has 7 heteroatoms. The van der Waals surface area contributed by atoms with E-state index in [-0.39, 0.29) is 11.9 Å². The zero-order valence-electron chi connectivity index (χ0n) is 14.7. The van der Waals surface area contributed by atoms with Crippen LogP contribution in [0.3, 0.4) is 0 Å². The minimum Gasteiger partial charge on any atom is -0.368 e. The van der Waals surface area contributed by atoms with Crippen molar-refractivity contribution in [1.82, 2.24) is 19.7 Å². The molecule has 1 saturated heterocycles. The van der Waals surface area contributed by atoms with Gasteiger partial charge in [0, 0.05) is 6.04 Å². The van der Waals surface area contributed by atoms with E-state index in [0.29, 0.717) is 6.54 Å². The van der Waals surface area contributed by atoms with E-state index in [1.54, 1.807) is 12.1 Å². The Morgan fingerprint density at radius 2 is 2.04 bits per heavy atom. The van der Waals surface area contributed by atoms with Gasteiger partial charge in [0.2, 0.25) is 5.91 Å². The third-order valence-electron chi connectivity index (χ3n) is 4.81. The fourth-order valence-electron chi connectivity index (χ4n) is 3.66. The highest BCUT2D eigenvalue weighted by atomic mass is 19.1. The third kappa shape index (κ3) is 3.87. The van der Waals surface area contributed by atoms with Gasteiger partial charge >= 0.3 is 0 Å². The van der Waals surface area contributed by atoms with Gasteiger partial charge in [-0.3, -0.25) is 9.69 Å². The summed E-state index contributed by atoms with van der Waals surface area (Å²) in [5, 5.41) is 4.44. The number of rotatable bonds is 5. The first-order chi connectivity index (χ1) is 12.0. The van der Waals surface area contributed by atoms with E-state index in [1.165, 1.54) is 12.1 Å². The Hall–Kier alpha value is -2.28. The number of carbonyl (C=O) groups excluding carboxylic acids is 1. The maximum absolute atomic E-state index is 13.3. The SMILES string of the molecule is Cc1nc(C)n(CC2CCCCN2C(C(N)=O)c2ccc(F)cc2)n1. The summed E-state index contributed by atoms with van der Waals surface area (Å²) in [6, 6.07) is 5.60. The van der Waals surface area contributed by atoms with Gasteiger partial charge in [-0.15, -0.1) is 0 Å². The first-order valence-electron chi connectivity index (χ1n) is 8.64. The second-order valence-electron chi connectivity index (χ2n) is 6.63. The number of carbonyl (C=O) groups is 1. The van der Waals surface area contributed by atoms with Gasteiger partial charge in [-0.1, -0.05) is 18.6 Å². The largest absolute Gasteiger partial charge is 0.368 e. The quantitative estimate of drug-likeness (QED) is 0.900. The molecule has 2 unspecified atom stereocenters. The fourth-order valence-corrected chi connectivity index (χ4v) is 3.66. The number of primary amides is 1. The minimum atomic E-state index is -0.559. The summed E-state index contributed by atoms with van der Waals surface area (Å²) in [5.41, 5.74) is 6.45. The molecule has 0 bridgehead atoms. The van der Waals surface area contributed by atoms with Crippen molar-refractivity contribution in [3.8, 4) is 0 Å². The molecule has 3 rings (SSSR count). The number of halogens is 1. The minimum absolute atomic E-state index is 0.135. The number of hydrogen-bond acceptors (Lipinski definition) is 4. The molecule has 6 nitrogen and oxygen atoms in total. The van der Waals surface area contributed by atoms with Crippen LogP contribution in [0.4, 0.5) is 4.39 Å². The van der Waals surface area contributed by atoms with Crippen LogP contribution in [0.25, 0.3) is 0 Å². The van der Waals surface area contributed by atoms with Crippen molar-refractivity contribution in [3.05, 3.63) is 47.3 Å². The second-order valence-corrected chi connectivity index (χ2v) is 6.63. The number of likely N-dealkylation sites (tertiary alicyclic amines) is 1. The van der Waals surface area contributed by atoms with E-state index in [9.17, 15) is 9.18 Å². The van der Waals surface area contributed by atoms with Crippen LogP contribution >= 0.6 is 0 Å². The van der Waals surface area contributed by atoms with E-state index in [4.69, 9.17) is 5.73 Å². The van der Waals surface area contributed by atoms with Gasteiger partial charge in [-0.2, -0.15) is 5.10 Å². The summed E-state index contributed by atoms with van der Waals surface area (Å²) in [7, 11) is 0. The topological polar surface area (TPSA) is 77.0 Å². The van der Waals surface area contributed by atoms with Gasteiger partial charge in [0.25, 0.3) is 0 Å². The van der Waals surface area contributed by atoms with Gasteiger partial charge in [0.15, 0.2) is 0 Å². The molecule has 1 aromatic heterocycles. The molecule has 2 heterocycles. The summed E-state index contributed by atoms with van der Waals surface area (Å²) >= 11 is 0. The lowest BCUT2D eigenvalue weighted by Gasteiger charge is -2.40. The average Bonchev–Trinajstić information content (AvgIpc) is 2.88. The lowest BCUT2D eigenvalue weighted by atomic mass is 9.95. The van der Waals surface area contributed by atoms with Crippen molar-refractivity contribution < 1.29 is 9.18 Å². The van der Waals surface area contributed by atoms with E-state index < -0.39 is 11.9 Å². The van der Waals surface area contributed by atoms with Crippen molar-refractivity contribution in [3.63, 3.8) is 0 Å². The summed E-state index contributed by atoms with van der Waals surface area (Å²) in [6.45, 7) is 5.24. The molecule has 1 fully saturated rings. The lowest BCUT2D eigenvalue weighted by molar-refractivity contribution is -0.125. The molecule has 0 radical (unpaired) electrons. The molecule has 1 amide bonds. The highest BCUT2D eigenvalue weighted by Crippen LogP contribution is 2.29. The smallest absolute Gasteiger partial charge is 0.239 e. The Kier molecular flexibility index (Phi) is 5.13. The van der Waals surface area contributed by atoms with Crippen LogP contribution < -0.4 is 5.73 Å². The number of aryl methyl sites for hydroxylation is 2. The molecule has 0 spiro atoms. The first-order valence-corrected chi connectivity index (χ1v) is 8.64. The van der Waals surface area contributed by atoms with Gasteiger partial charge in [0.05, 0.1) is 6.54 Å². The van der Waals surface area contributed by atoms with Crippen LogP contribution in [-0.4, -0.2) is 38.2 Å². The average molecular weight is 345 g/mol. The molecular formula is C18H24FN5O. The Morgan fingerprint density at radius 1 is 1.32 bits per heavy atom. The van der Waals surface area contributed by atoms with Gasteiger partial charge in [-0.05, 0) is 50.9 Å². The van der Waals surface area contributed by atoms with Gasteiger partial charge in [0.1, 0.15) is 23.5 Å². The molecule has 1 aliphatic rings. The van der Waals surface area contributed by atoms with Crippen LogP contribution in [0.5, 0.6) is 0 Å².